The van der Waals surface area contributed by atoms with Gasteiger partial charge in [-0.15, -0.1) is 0 Å². The average molecular weight is 312 g/mol. The highest BCUT2D eigenvalue weighted by Crippen LogP contribution is 2.22. The van der Waals surface area contributed by atoms with E-state index in [1.54, 1.807) is 6.07 Å². The average Bonchev–Trinajstić information content (AvgIpc) is 3.07. The summed E-state index contributed by atoms with van der Waals surface area (Å²) in [6, 6.07) is 5.55. The highest BCUT2D eigenvalue weighted by molar-refractivity contribution is 6.06. The molecule has 23 heavy (non-hydrogen) atoms. The van der Waals surface area contributed by atoms with Crippen molar-refractivity contribution in [3.8, 4) is 0 Å². The van der Waals surface area contributed by atoms with Crippen LogP contribution >= 0.6 is 0 Å². The fourth-order valence-electron chi connectivity index (χ4n) is 2.72. The number of rotatable bonds is 4. The van der Waals surface area contributed by atoms with Gasteiger partial charge < -0.3 is 9.73 Å². The maximum Gasteiger partial charge on any atom is 0.252 e. The Kier molecular flexibility index (Phi) is 3.90. The quantitative estimate of drug-likeness (QED) is 0.804. The van der Waals surface area contributed by atoms with Gasteiger partial charge in [-0.2, -0.15) is 5.10 Å². The van der Waals surface area contributed by atoms with Crippen LogP contribution in [0.2, 0.25) is 0 Å². The van der Waals surface area contributed by atoms with Crippen molar-refractivity contribution >= 4 is 16.9 Å². The summed E-state index contributed by atoms with van der Waals surface area (Å²) in [7, 11) is 0. The molecule has 0 aromatic carbocycles. The summed E-state index contributed by atoms with van der Waals surface area (Å²) in [5, 5.41) is 8.19. The molecule has 0 fully saturated rings. The Hall–Kier alpha value is -2.63. The molecule has 0 bridgehead atoms. The summed E-state index contributed by atoms with van der Waals surface area (Å²) in [5.41, 5.74) is 2.97. The van der Waals surface area contributed by atoms with Gasteiger partial charge in [0.25, 0.3) is 5.91 Å². The lowest BCUT2D eigenvalue weighted by Crippen LogP contribution is -2.23. The SMILES string of the molecule is CCn1nc(C)c2c(C(=O)NCc3ccc(C)o3)cc(C)nc21. The van der Waals surface area contributed by atoms with Crippen molar-refractivity contribution in [2.24, 2.45) is 0 Å². The lowest BCUT2D eigenvalue weighted by Gasteiger charge is -2.07. The van der Waals surface area contributed by atoms with Crippen molar-refractivity contribution in [3.05, 3.63) is 46.7 Å². The van der Waals surface area contributed by atoms with Crippen LogP contribution in [0.5, 0.6) is 0 Å². The first-order valence-corrected chi connectivity index (χ1v) is 7.68. The minimum absolute atomic E-state index is 0.145. The molecule has 0 radical (unpaired) electrons. The van der Waals surface area contributed by atoms with Gasteiger partial charge in [0, 0.05) is 12.2 Å². The van der Waals surface area contributed by atoms with E-state index in [-0.39, 0.29) is 5.91 Å². The third-order valence-electron chi connectivity index (χ3n) is 3.77. The summed E-state index contributed by atoms with van der Waals surface area (Å²) in [6.45, 7) is 8.75. The topological polar surface area (TPSA) is 73.0 Å². The Morgan fingerprint density at radius 3 is 2.74 bits per heavy atom. The molecule has 6 heteroatoms. The van der Waals surface area contributed by atoms with E-state index in [1.807, 2.05) is 44.5 Å². The van der Waals surface area contributed by atoms with Crippen LogP contribution in [0.4, 0.5) is 0 Å². The van der Waals surface area contributed by atoms with E-state index in [1.165, 1.54) is 0 Å². The number of aromatic nitrogens is 3. The molecule has 3 rings (SSSR count). The third kappa shape index (κ3) is 2.84. The van der Waals surface area contributed by atoms with Crippen molar-refractivity contribution < 1.29 is 9.21 Å². The minimum Gasteiger partial charge on any atom is -0.465 e. The van der Waals surface area contributed by atoms with Crippen LogP contribution in [0.25, 0.3) is 11.0 Å². The highest BCUT2D eigenvalue weighted by atomic mass is 16.3. The lowest BCUT2D eigenvalue weighted by molar-refractivity contribution is 0.0949. The first-order chi connectivity index (χ1) is 11.0. The predicted octanol–water partition coefficient (Wildman–Crippen LogP) is 2.90. The van der Waals surface area contributed by atoms with E-state index < -0.39 is 0 Å². The summed E-state index contributed by atoms with van der Waals surface area (Å²) in [6.07, 6.45) is 0. The van der Waals surface area contributed by atoms with Crippen LogP contribution in [-0.2, 0) is 13.1 Å². The van der Waals surface area contributed by atoms with E-state index in [9.17, 15) is 4.79 Å². The summed E-state index contributed by atoms with van der Waals surface area (Å²) in [5.74, 6) is 1.42. The monoisotopic (exact) mass is 312 g/mol. The maximum atomic E-state index is 12.6. The Bertz CT molecular complexity index is 876. The Morgan fingerprint density at radius 1 is 1.30 bits per heavy atom. The van der Waals surface area contributed by atoms with Crippen molar-refractivity contribution in [2.75, 3.05) is 0 Å². The standard InChI is InChI=1S/C17H20N4O2/c1-5-21-16-15(12(4)20-21)14(8-10(2)19-16)17(22)18-9-13-7-6-11(3)23-13/h6-8H,5,9H2,1-4H3,(H,18,22). The number of pyridine rings is 1. The summed E-state index contributed by atoms with van der Waals surface area (Å²) in [4.78, 5) is 17.2. The van der Waals surface area contributed by atoms with Crippen molar-refractivity contribution in [1.29, 1.82) is 0 Å². The lowest BCUT2D eigenvalue weighted by atomic mass is 10.1. The second kappa shape index (κ2) is 5.87. The van der Waals surface area contributed by atoms with Crippen LogP contribution in [-0.4, -0.2) is 20.7 Å². The number of carbonyl (C=O) groups excluding carboxylic acids is 1. The van der Waals surface area contributed by atoms with Crippen LogP contribution in [0, 0.1) is 20.8 Å². The normalized spacial score (nSPS) is 11.1. The Morgan fingerprint density at radius 2 is 2.09 bits per heavy atom. The molecule has 120 valence electrons. The van der Waals surface area contributed by atoms with E-state index in [4.69, 9.17) is 4.42 Å². The van der Waals surface area contributed by atoms with Gasteiger partial charge in [-0.3, -0.25) is 4.79 Å². The molecular formula is C17H20N4O2. The number of carbonyl (C=O) groups is 1. The van der Waals surface area contributed by atoms with E-state index in [0.29, 0.717) is 18.7 Å². The van der Waals surface area contributed by atoms with Gasteiger partial charge >= 0.3 is 0 Å². The molecule has 0 aliphatic heterocycles. The number of hydrogen-bond acceptors (Lipinski definition) is 4. The minimum atomic E-state index is -0.145. The summed E-state index contributed by atoms with van der Waals surface area (Å²) < 4.78 is 7.31. The van der Waals surface area contributed by atoms with Crippen LogP contribution in [0.15, 0.2) is 22.6 Å². The van der Waals surface area contributed by atoms with Gasteiger partial charge in [-0.05, 0) is 45.9 Å². The molecule has 0 unspecified atom stereocenters. The summed E-state index contributed by atoms with van der Waals surface area (Å²) >= 11 is 0. The molecule has 0 saturated heterocycles. The highest BCUT2D eigenvalue weighted by Gasteiger charge is 2.18. The number of nitrogens with one attached hydrogen (secondary N) is 1. The molecule has 0 spiro atoms. The number of aryl methyl sites for hydroxylation is 4. The van der Waals surface area contributed by atoms with Gasteiger partial charge in [0.1, 0.15) is 11.5 Å². The van der Waals surface area contributed by atoms with Crippen LogP contribution in [0.1, 0.15) is 40.2 Å². The van der Waals surface area contributed by atoms with Gasteiger partial charge in [-0.25, -0.2) is 9.67 Å². The van der Waals surface area contributed by atoms with Crippen molar-refractivity contribution in [2.45, 2.75) is 40.8 Å². The molecule has 1 amide bonds. The number of fused-ring (bicyclic) bond motifs is 1. The first-order valence-electron chi connectivity index (χ1n) is 7.68. The third-order valence-corrected chi connectivity index (χ3v) is 3.77. The fraction of sp³-hybridized carbons (Fsp3) is 0.353. The van der Waals surface area contributed by atoms with E-state index in [0.717, 1.165) is 33.9 Å². The number of hydrogen-bond donors (Lipinski definition) is 1. The smallest absolute Gasteiger partial charge is 0.252 e. The first kappa shape index (κ1) is 15.3. The van der Waals surface area contributed by atoms with Crippen molar-refractivity contribution in [3.63, 3.8) is 0 Å². The molecule has 3 aromatic rings. The molecule has 0 atom stereocenters. The van der Waals surface area contributed by atoms with Gasteiger partial charge in [0.15, 0.2) is 5.65 Å². The van der Waals surface area contributed by atoms with Crippen molar-refractivity contribution in [1.82, 2.24) is 20.1 Å². The molecule has 3 heterocycles. The predicted molar refractivity (Wildman–Crippen MR) is 87.3 cm³/mol. The van der Waals surface area contributed by atoms with Gasteiger partial charge in [0.2, 0.25) is 0 Å². The molecule has 0 saturated carbocycles. The molecule has 0 aliphatic carbocycles. The van der Waals surface area contributed by atoms with Crippen LogP contribution in [0.3, 0.4) is 0 Å². The number of nitrogens with zero attached hydrogens (tertiary/aromatic N) is 3. The van der Waals surface area contributed by atoms with Crippen LogP contribution < -0.4 is 5.32 Å². The molecular weight excluding hydrogens is 292 g/mol. The van der Waals surface area contributed by atoms with E-state index in [2.05, 4.69) is 15.4 Å². The van der Waals surface area contributed by atoms with Gasteiger partial charge in [0.05, 0.1) is 23.2 Å². The molecule has 1 N–H and O–H groups in total. The number of furan rings is 1. The molecule has 6 nitrogen and oxygen atoms in total. The second-order valence-corrected chi connectivity index (χ2v) is 5.61. The fourth-order valence-corrected chi connectivity index (χ4v) is 2.72. The van der Waals surface area contributed by atoms with Gasteiger partial charge in [-0.1, -0.05) is 0 Å². The Balaban J connectivity index is 1.95. The van der Waals surface area contributed by atoms with E-state index >= 15 is 0 Å². The molecule has 3 aromatic heterocycles. The number of amides is 1. The Labute approximate surface area is 134 Å². The zero-order valence-electron chi connectivity index (χ0n) is 13.8. The maximum absolute atomic E-state index is 12.6. The zero-order chi connectivity index (χ0) is 16.6. The largest absolute Gasteiger partial charge is 0.465 e. The second-order valence-electron chi connectivity index (χ2n) is 5.61. The zero-order valence-corrected chi connectivity index (χ0v) is 13.8. The molecule has 0 aliphatic rings.